The van der Waals surface area contributed by atoms with Crippen LogP contribution < -0.4 is 5.32 Å². The first-order valence-electron chi connectivity index (χ1n) is 8.23. The first-order valence-corrected chi connectivity index (χ1v) is 8.23. The molecule has 0 saturated carbocycles. The van der Waals surface area contributed by atoms with E-state index < -0.39 is 5.82 Å². The first kappa shape index (κ1) is 17.0. The van der Waals surface area contributed by atoms with Crippen molar-refractivity contribution in [2.75, 3.05) is 5.32 Å². The van der Waals surface area contributed by atoms with E-state index in [2.05, 4.69) is 31.3 Å². The van der Waals surface area contributed by atoms with Crippen LogP contribution in [0.3, 0.4) is 0 Å². The van der Waals surface area contributed by atoms with Crippen molar-refractivity contribution in [3.63, 3.8) is 0 Å². The number of amides is 1. The zero-order valence-electron chi connectivity index (χ0n) is 14.3. The highest BCUT2D eigenvalue weighted by Gasteiger charge is 2.10. The second-order valence-electron chi connectivity index (χ2n) is 6.09. The lowest BCUT2D eigenvalue weighted by Crippen LogP contribution is -2.13. The maximum absolute atomic E-state index is 13.5. The average molecular weight is 337 g/mol. The van der Waals surface area contributed by atoms with Gasteiger partial charge in [-0.15, -0.1) is 0 Å². The number of carbonyl (C=O) groups is 1. The number of hydrogen-bond acceptors (Lipinski definition) is 2. The van der Waals surface area contributed by atoms with E-state index in [1.54, 1.807) is 12.1 Å². The summed E-state index contributed by atoms with van der Waals surface area (Å²) in [4.78, 5) is 12.0. The number of halogens is 1. The molecule has 1 heterocycles. The number of aryl methyl sites for hydroxylation is 3. The van der Waals surface area contributed by atoms with Gasteiger partial charge in [-0.25, -0.2) is 4.39 Å². The monoisotopic (exact) mass is 337 g/mol. The zero-order chi connectivity index (χ0) is 17.8. The molecule has 0 aliphatic rings. The molecule has 128 valence electrons. The van der Waals surface area contributed by atoms with Crippen molar-refractivity contribution in [1.82, 2.24) is 0 Å². The molecular formula is C21H20FNO2. The van der Waals surface area contributed by atoms with Crippen LogP contribution in [0, 0.1) is 19.7 Å². The van der Waals surface area contributed by atoms with Crippen LogP contribution in [-0.2, 0) is 11.2 Å². The summed E-state index contributed by atoms with van der Waals surface area (Å²) in [5.74, 6) is 0.838. The Balaban J connectivity index is 1.61. The molecule has 0 unspecified atom stereocenters. The second-order valence-corrected chi connectivity index (χ2v) is 6.09. The maximum Gasteiger partial charge on any atom is 0.224 e. The Morgan fingerprint density at radius 1 is 1.04 bits per heavy atom. The highest BCUT2D eigenvalue weighted by molar-refractivity contribution is 5.90. The number of rotatable bonds is 5. The smallest absolute Gasteiger partial charge is 0.224 e. The number of hydrogen-bond donors (Lipinski definition) is 1. The lowest BCUT2D eigenvalue weighted by molar-refractivity contribution is -0.116. The molecule has 25 heavy (non-hydrogen) atoms. The fourth-order valence-electron chi connectivity index (χ4n) is 2.57. The summed E-state index contributed by atoms with van der Waals surface area (Å²) in [6.45, 7) is 4.14. The Bertz CT molecular complexity index is 898. The van der Waals surface area contributed by atoms with E-state index in [-0.39, 0.29) is 18.0 Å². The van der Waals surface area contributed by atoms with Crippen molar-refractivity contribution in [2.24, 2.45) is 0 Å². The fourth-order valence-corrected chi connectivity index (χ4v) is 2.57. The van der Waals surface area contributed by atoms with Gasteiger partial charge in [0, 0.05) is 18.4 Å². The van der Waals surface area contributed by atoms with Crippen molar-refractivity contribution in [3.8, 4) is 11.3 Å². The molecule has 0 atom stereocenters. The summed E-state index contributed by atoms with van der Waals surface area (Å²) in [6.07, 6.45) is 0.694. The number of anilines is 1. The Hall–Kier alpha value is -2.88. The predicted molar refractivity (Wildman–Crippen MR) is 97.0 cm³/mol. The van der Waals surface area contributed by atoms with Gasteiger partial charge in [0.2, 0.25) is 5.91 Å². The van der Waals surface area contributed by atoms with Gasteiger partial charge in [0.15, 0.2) is 0 Å². The van der Waals surface area contributed by atoms with E-state index in [1.807, 2.05) is 18.2 Å². The van der Waals surface area contributed by atoms with Crippen LogP contribution >= 0.6 is 0 Å². The quantitative estimate of drug-likeness (QED) is 0.689. The van der Waals surface area contributed by atoms with Crippen LogP contribution in [0.25, 0.3) is 11.3 Å². The second kappa shape index (κ2) is 7.34. The van der Waals surface area contributed by atoms with Gasteiger partial charge in [-0.2, -0.15) is 0 Å². The van der Waals surface area contributed by atoms with E-state index in [0.29, 0.717) is 6.42 Å². The van der Waals surface area contributed by atoms with Gasteiger partial charge in [-0.1, -0.05) is 24.3 Å². The number of nitrogens with one attached hydrogen (secondary N) is 1. The normalized spacial score (nSPS) is 10.7. The fraction of sp³-hybridized carbons (Fsp3) is 0.190. The molecule has 1 aromatic heterocycles. The minimum Gasteiger partial charge on any atom is -0.461 e. The van der Waals surface area contributed by atoms with Gasteiger partial charge < -0.3 is 9.73 Å². The van der Waals surface area contributed by atoms with Gasteiger partial charge in [0.05, 0.1) is 5.69 Å². The summed E-state index contributed by atoms with van der Waals surface area (Å²) in [5, 5.41) is 2.58. The topological polar surface area (TPSA) is 42.2 Å². The third-order valence-corrected chi connectivity index (χ3v) is 4.20. The zero-order valence-corrected chi connectivity index (χ0v) is 14.3. The summed E-state index contributed by atoms with van der Waals surface area (Å²) in [7, 11) is 0. The third kappa shape index (κ3) is 4.15. The lowest BCUT2D eigenvalue weighted by Gasteiger charge is -2.05. The van der Waals surface area contributed by atoms with Gasteiger partial charge >= 0.3 is 0 Å². The molecule has 1 amide bonds. The molecule has 3 nitrogen and oxygen atoms in total. The highest BCUT2D eigenvalue weighted by Crippen LogP contribution is 2.25. The largest absolute Gasteiger partial charge is 0.461 e. The molecule has 0 aliphatic heterocycles. The van der Waals surface area contributed by atoms with Gasteiger partial charge in [0.1, 0.15) is 17.3 Å². The Morgan fingerprint density at radius 3 is 2.60 bits per heavy atom. The molecule has 0 saturated heterocycles. The van der Waals surface area contributed by atoms with E-state index in [4.69, 9.17) is 4.42 Å². The molecule has 3 aromatic rings. The van der Waals surface area contributed by atoms with Crippen LogP contribution in [0.15, 0.2) is 59.0 Å². The molecule has 0 radical (unpaired) electrons. The SMILES string of the molecule is Cc1ccc(-c2ccc(CCC(=O)Nc3ccccc3F)o2)cc1C. The van der Waals surface area contributed by atoms with Gasteiger partial charge in [-0.05, 0) is 55.3 Å². The van der Waals surface area contributed by atoms with Crippen LogP contribution in [0.1, 0.15) is 23.3 Å². The van der Waals surface area contributed by atoms with Crippen molar-refractivity contribution < 1.29 is 13.6 Å². The van der Waals surface area contributed by atoms with Crippen LogP contribution in [-0.4, -0.2) is 5.91 Å². The summed E-state index contributed by atoms with van der Waals surface area (Å²) >= 11 is 0. The lowest BCUT2D eigenvalue weighted by atomic mass is 10.1. The third-order valence-electron chi connectivity index (χ3n) is 4.20. The van der Waals surface area contributed by atoms with Crippen LogP contribution in [0.2, 0.25) is 0 Å². The molecular weight excluding hydrogens is 317 g/mol. The summed E-state index contributed by atoms with van der Waals surface area (Å²) in [5.41, 5.74) is 3.66. The molecule has 0 fully saturated rings. The number of carbonyl (C=O) groups excluding carboxylic acids is 1. The molecule has 0 bridgehead atoms. The summed E-state index contributed by atoms with van der Waals surface area (Å²) < 4.78 is 19.4. The summed E-state index contributed by atoms with van der Waals surface area (Å²) in [6, 6.07) is 16.1. The number of para-hydroxylation sites is 1. The number of benzene rings is 2. The standard InChI is InChI=1S/C21H20FNO2/c1-14-7-8-16(13-15(14)2)20-11-9-17(25-20)10-12-21(24)23-19-6-4-3-5-18(19)22/h3-9,11,13H,10,12H2,1-2H3,(H,23,24). The maximum atomic E-state index is 13.5. The van der Waals surface area contributed by atoms with Crippen LogP contribution in [0.5, 0.6) is 0 Å². The molecule has 4 heteroatoms. The van der Waals surface area contributed by atoms with E-state index in [9.17, 15) is 9.18 Å². The van der Waals surface area contributed by atoms with Crippen LogP contribution in [0.4, 0.5) is 10.1 Å². The van der Waals surface area contributed by atoms with Crippen molar-refractivity contribution >= 4 is 11.6 Å². The van der Waals surface area contributed by atoms with Crippen molar-refractivity contribution in [1.29, 1.82) is 0 Å². The average Bonchev–Trinajstić information content (AvgIpc) is 3.07. The Kier molecular flexibility index (Phi) is 4.98. The highest BCUT2D eigenvalue weighted by atomic mass is 19.1. The van der Waals surface area contributed by atoms with Gasteiger partial charge in [-0.3, -0.25) is 4.79 Å². The minimum absolute atomic E-state index is 0.197. The minimum atomic E-state index is -0.439. The van der Waals surface area contributed by atoms with Crippen molar-refractivity contribution in [3.05, 3.63) is 77.3 Å². The Labute approximate surface area is 146 Å². The molecule has 2 aromatic carbocycles. The van der Waals surface area contributed by atoms with Gasteiger partial charge in [0.25, 0.3) is 0 Å². The number of furan rings is 1. The molecule has 0 aliphatic carbocycles. The van der Waals surface area contributed by atoms with Crippen molar-refractivity contribution in [2.45, 2.75) is 26.7 Å². The molecule has 3 rings (SSSR count). The Morgan fingerprint density at radius 2 is 1.84 bits per heavy atom. The predicted octanol–water partition coefficient (Wildman–Crippen LogP) is 5.27. The first-order chi connectivity index (χ1) is 12.0. The van der Waals surface area contributed by atoms with E-state index in [0.717, 1.165) is 17.1 Å². The molecule has 0 spiro atoms. The van der Waals surface area contributed by atoms with E-state index >= 15 is 0 Å². The molecule has 1 N–H and O–H groups in total. The van der Waals surface area contributed by atoms with E-state index in [1.165, 1.54) is 23.3 Å².